The molecular weight excluding hydrogens is 452 g/mol. The van der Waals surface area contributed by atoms with Crippen molar-refractivity contribution >= 4 is 36.5 Å². The molecule has 34 heavy (non-hydrogen) atoms. The van der Waals surface area contributed by atoms with Gasteiger partial charge in [-0.25, -0.2) is 19.3 Å². The summed E-state index contributed by atoms with van der Waals surface area (Å²) < 4.78 is 16.0. The maximum absolute atomic E-state index is 13.7. The minimum absolute atomic E-state index is 0.112. The van der Waals surface area contributed by atoms with Gasteiger partial charge in [0.25, 0.3) is 0 Å². The molecule has 2 aliphatic heterocycles. The number of imidazole rings is 1. The van der Waals surface area contributed by atoms with E-state index < -0.39 is 5.82 Å². The molecule has 2 aliphatic rings. The van der Waals surface area contributed by atoms with E-state index in [1.807, 2.05) is 0 Å². The van der Waals surface area contributed by atoms with Crippen LogP contribution in [0.15, 0.2) is 30.7 Å². The number of hydrogen-bond donors (Lipinski definition) is 1. The lowest BCUT2D eigenvalue weighted by Gasteiger charge is -2.33. The first-order valence-corrected chi connectivity index (χ1v) is 12.2. The van der Waals surface area contributed by atoms with Crippen molar-refractivity contribution in [3.8, 4) is 11.3 Å². The number of nitrogens with zero attached hydrogens (tertiary/aromatic N) is 6. The van der Waals surface area contributed by atoms with Crippen LogP contribution in [-0.2, 0) is 6.54 Å². The van der Waals surface area contributed by atoms with Crippen LogP contribution in [0.1, 0.15) is 37.4 Å². The van der Waals surface area contributed by atoms with Gasteiger partial charge in [0.2, 0.25) is 0 Å². The number of aromatic nitrogens is 4. The lowest BCUT2D eigenvalue weighted by Crippen LogP contribution is -2.38. The van der Waals surface area contributed by atoms with Crippen LogP contribution in [0.3, 0.4) is 0 Å². The number of likely N-dealkylation sites (tertiary alicyclic amines) is 1. The van der Waals surface area contributed by atoms with Gasteiger partial charge in [-0.05, 0) is 62.4 Å². The molecular formula is C24H28BClFN7. The number of halogens is 2. The third-order valence-electron chi connectivity index (χ3n) is 6.93. The molecule has 176 valence electrons. The van der Waals surface area contributed by atoms with Gasteiger partial charge >= 0.3 is 0 Å². The van der Waals surface area contributed by atoms with Crippen LogP contribution in [0.5, 0.6) is 0 Å². The number of anilines is 2. The maximum atomic E-state index is 13.7. The fourth-order valence-corrected chi connectivity index (χ4v) is 5.17. The first-order valence-electron chi connectivity index (χ1n) is 11.9. The van der Waals surface area contributed by atoms with E-state index in [0.717, 1.165) is 69.2 Å². The number of nitrogens with two attached hydrogens (primary N) is 1. The molecule has 2 fully saturated rings. The van der Waals surface area contributed by atoms with Crippen molar-refractivity contribution in [1.29, 1.82) is 0 Å². The minimum Gasteiger partial charge on any atom is -0.384 e. The highest BCUT2D eigenvalue weighted by Gasteiger charge is 2.27. The normalized spacial score (nSPS) is 17.5. The van der Waals surface area contributed by atoms with Crippen molar-refractivity contribution in [2.75, 3.05) is 43.4 Å². The van der Waals surface area contributed by atoms with E-state index in [2.05, 4.69) is 30.5 Å². The smallest absolute Gasteiger partial charge is 0.141 e. The zero-order valence-electron chi connectivity index (χ0n) is 19.1. The molecule has 0 bridgehead atoms. The summed E-state index contributed by atoms with van der Waals surface area (Å²) in [5, 5.41) is 0.112. The molecule has 0 aliphatic carbocycles. The Labute approximate surface area is 205 Å². The van der Waals surface area contributed by atoms with Crippen molar-refractivity contribution in [1.82, 2.24) is 24.4 Å². The minimum atomic E-state index is -0.420. The highest BCUT2D eigenvalue weighted by Crippen LogP contribution is 2.32. The zero-order valence-corrected chi connectivity index (χ0v) is 19.9. The summed E-state index contributed by atoms with van der Waals surface area (Å²) in [4.78, 5) is 18.0. The average molecular weight is 480 g/mol. The number of nitrogen functional groups attached to an aromatic ring is 1. The van der Waals surface area contributed by atoms with Gasteiger partial charge in [0, 0.05) is 43.9 Å². The SMILES string of the molecule is [B]c1c(N)ncnc1N1CCC(c2nc(-c3ccc(F)c(Cl)c3)cn2CCN2CCCC2)CC1. The van der Waals surface area contributed by atoms with E-state index in [1.165, 1.54) is 25.2 Å². The van der Waals surface area contributed by atoms with E-state index in [9.17, 15) is 4.39 Å². The average Bonchev–Trinajstić information content (AvgIpc) is 3.51. The molecule has 4 heterocycles. The third-order valence-corrected chi connectivity index (χ3v) is 7.22. The van der Waals surface area contributed by atoms with Crippen molar-refractivity contribution in [2.24, 2.45) is 0 Å². The van der Waals surface area contributed by atoms with Gasteiger partial charge in [0.15, 0.2) is 0 Å². The molecule has 10 heteroatoms. The zero-order chi connectivity index (χ0) is 23.7. The van der Waals surface area contributed by atoms with Gasteiger partial charge < -0.3 is 20.1 Å². The Kier molecular flexibility index (Phi) is 6.74. The van der Waals surface area contributed by atoms with Gasteiger partial charge in [-0.3, -0.25) is 0 Å². The number of benzene rings is 1. The fourth-order valence-electron chi connectivity index (χ4n) is 4.99. The third kappa shape index (κ3) is 4.77. The largest absolute Gasteiger partial charge is 0.384 e. The second-order valence-corrected chi connectivity index (χ2v) is 9.52. The second-order valence-electron chi connectivity index (χ2n) is 9.11. The molecule has 0 saturated carbocycles. The Hall–Kier alpha value is -2.65. The van der Waals surface area contributed by atoms with Crippen molar-refractivity contribution < 1.29 is 4.39 Å². The molecule has 2 aromatic heterocycles. The number of hydrogen-bond acceptors (Lipinski definition) is 6. The molecule has 0 atom stereocenters. The first-order chi connectivity index (χ1) is 16.5. The van der Waals surface area contributed by atoms with Gasteiger partial charge in [0.05, 0.1) is 10.7 Å². The van der Waals surface area contributed by atoms with E-state index in [0.29, 0.717) is 23.0 Å². The predicted molar refractivity (Wildman–Crippen MR) is 134 cm³/mol. The van der Waals surface area contributed by atoms with Gasteiger partial charge in [-0.2, -0.15) is 0 Å². The molecule has 2 radical (unpaired) electrons. The Morgan fingerprint density at radius 1 is 1.09 bits per heavy atom. The summed E-state index contributed by atoms with van der Waals surface area (Å²) in [6.07, 6.45) is 7.93. The van der Waals surface area contributed by atoms with E-state index in [1.54, 1.807) is 12.1 Å². The molecule has 3 aromatic rings. The molecule has 7 nitrogen and oxygen atoms in total. The summed E-state index contributed by atoms with van der Waals surface area (Å²) in [5.41, 5.74) is 7.96. The van der Waals surface area contributed by atoms with Crippen molar-refractivity contribution in [3.05, 3.63) is 47.4 Å². The molecule has 0 amide bonds. The van der Waals surface area contributed by atoms with Crippen LogP contribution in [0.2, 0.25) is 5.02 Å². The van der Waals surface area contributed by atoms with E-state index in [4.69, 9.17) is 30.2 Å². The lowest BCUT2D eigenvalue weighted by molar-refractivity contribution is 0.317. The van der Waals surface area contributed by atoms with Crippen LogP contribution < -0.4 is 16.1 Å². The lowest BCUT2D eigenvalue weighted by atomic mass is 9.93. The van der Waals surface area contributed by atoms with E-state index in [-0.39, 0.29) is 5.02 Å². The monoisotopic (exact) mass is 479 g/mol. The molecule has 2 N–H and O–H groups in total. The molecule has 5 rings (SSSR count). The van der Waals surface area contributed by atoms with Crippen LogP contribution in [0.25, 0.3) is 11.3 Å². The predicted octanol–water partition coefficient (Wildman–Crippen LogP) is 2.99. The van der Waals surface area contributed by atoms with Gasteiger partial charge in [-0.1, -0.05) is 11.6 Å². The van der Waals surface area contributed by atoms with Crippen molar-refractivity contribution in [3.63, 3.8) is 0 Å². The molecule has 2 saturated heterocycles. The highest BCUT2D eigenvalue weighted by atomic mass is 35.5. The van der Waals surface area contributed by atoms with E-state index >= 15 is 0 Å². The number of rotatable bonds is 6. The summed E-state index contributed by atoms with van der Waals surface area (Å²) in [7, 11) is 6.12. The summed E-state index contributed by atoms with van der Waals surface area (Å²) in [6, 6.07) is 4.79. The Bertz CT molecular complexity index is 1160. The Morgan fingerprint density at radius 3 is 2.59 bits per heavy atom. The molecule has 0 unspecified atom stereocenters. The standard InChI is InChI=1S/C24H28BClFN7/c25-21-22(28)29-15-30-24(21)33-9-5-16(6-10-33)23-31-20(17-3-4-19(27)18(26)13-17)14-34(23)12-11-32-7-1-2-8-32/h3-4,13-16H,1-2,5-12H2,(H2,28,29,30). The quantitative estimate of drug-likeness (QED) is 0.548. The van der Waals surface area contributed by atoms with Crippen LogP contribution in [0, 0.1) is 5.82 Å². The fraction of sp³-hybridized carbons (Fsp3) is 0.458. The second kappa shape index (κ2) is 9.92. The number of piperidine rings is 1. The first kappa shape index (κ1) is 23.1. The van der Waals surface area contributed by atoms with Gasteiger partial charge in [-0.15, -0.1) is 0 Å². The maximum Gasteiger partial charge on any atom is 0.141 e. The summed E-state index contributed by atoms with van der Waals surface area (Å²) in [5.74, 6) is 1.97. The van der Waals surface area contributed by atoms with Crippen LogP contribution in [0.4, 0.5) is 16.0 Å². The highest BCUT2D eigenvalue weighted by molar-refractivity contribution is 6.38. The molecule has 1 aromatic carbocycles. The molecule has 0 spiro atoms. The summed E-state index contributed by atoms with van der Waals surface area (Å²) >= 11 is 6.05. The van der Waals surface area contributed by atoms with Gasteiger partial charge in [0.1, 0.15) is 37.5 Å². The summed E-state index contributed by atoms with van der Waals surface area (Å²) in [6.45, 7) is 5.82. The van der Waals surface area contributed by atoms with Crippen molar-refractivity contribution in [2.45, 2.75) is 38.1 Å². The van der Waals surface area contributed by atoms with Crippen LogP contribution >= 0.6 is 11.6 Å². The topological polar surface area (TPSA) is 76.1 Å². The Balaban J connectivity index is 1.37. The van der Waals surface area contributed by atoms with Crippen LogP contribution in [-0.4, -0.2) is 65.0 Å². The Morgan fingerprint density at radius 2 is 1.85 bits per heavy atom.